The lowest BCUT2D eigenvalue weighted by Crippen LogP contribution is -2.56. The molecule has 5 aliphatic rings. The van der Waals surface area contributed by atoms with Crippen molar-refractivity contribution in [3.8, 4) is 35.2 Å². The zero-order chi connectivity index (χ0) is 40.3. The fourth-order valence-electron chi connectivity index (χ4n) is 9.28. The van der Waals surface area contributed by atoms with Gasteiger partial charge in [-0.05, 0) is 95.7 Å². The number of anilines is 1. The lowest BCUT2D eigenvalue weighted by atomic mass is 9.95. The Morgan fingerprint density at radius 3 is 2.38 bits per heavy atom. The van der Waals surface area contributed by atoms with E-state index in [0.29, 0.717) is 47.5 Å². The van der Waals surface area contributed by atoms with Crippen LogP contribution in [0.3, 0.4) is 0 Å². The van der Waals surface area contributed by atoms with Crippen molar-refractivity contribution < 1.29 is 32.5 Å². The fourth-order valence-corrected chi connectivity index (χ4v) is 9.28. The summed E-state index contributed by atoms with van der Waals surface area (Å²) in [6.07, 6.45) is 15.8. The lowest BCUT2D eigenvalue weighted by molar-refractivity contribution is 0.0123. The van der Waals surface area contributed by atoms with Gasteiger partial charge in [0.05, 0.1) is 29.9 Å². The maximum Gasteiger partial charge on any atom is 0.410 e. The molecule has 2 aromatic heterocycles. The van der Waals surface area contributed by atoms with Crippen molar-refractivity contribution in [1.29, 1.82) is 0 Å². The second-order valence-corrected chi connectivity index (χ2v) is 17.8. The second kappa shape index (κ2) is 15.0. The summed E-state index contributed by atoms with van der Waals surface area (Å²) in [6, 6.07) is 7.94. The topological polar surface area (TPSA) is 89.5 Å². The molecule has 58 heavy (non-hydrogen) atoms. The van der Waals surface area contributed by atoms with Crippen LogP contribution in [-0.4, -0.2) is 96.8 Å². The number of aromatic nitrogens is 2. The molecule has 2 aromatic carbocycles. The highest BCUT2D eigenvalue weighted by atomic mass is 19.1. The minimum atomic E-state index is -0.688. The second-order valence-electron chi connectivity index (χ2n) is 17.8. The van der Waals surface area contributed by atoms with Gasteiger partial charge in [-0.25, -0.2) is 18.6 Å². The van der Waals surface area contributed by atoms with Gasteiger partial charge in [0.15, 0.2) is 12.6 Å². The number of carbonyl (C=O) groups excluding carboxylic acids is 1. The monoisotopic (exact) mass is 791 g/mol. The number of fused-ring (bicyclic) bond motifs is 4. The highest BCUT2D eigenvalue weighted by Gasteiger charge is 2.46. The molecule has 12 heteroatoms. The molecular weight excluding hydrogens is 741 g/mol. The van der Waals surface area contributed by atoms with Crippen LogP contribution in [0.15, 0.2) is 47.7 Å². The Labute approximate surface area is 338 Å². The molecule has 4 aromatic rings. The third-order valence-electron chi connectivity index (χ3n) is 12.5. The number of rotatable bonds is 10. The molecule has 2 bridgehead atoms. The van der Waals surface area contributed by atoms with Crippen LogP contribution in [0.25, 0.3) is 32.9 Å². The number of pyridine rings is 2. The van der Waals surface area contributed by atoms with Gasteiger partial charge in [-0.1, -0.05) is 23.1 Å². The van der Waals surface area contributed by atoms with Crippen molar-refractivity contribution in [2.45, 2.75) is 89.8 Å². The van der Waals surface area contributed by atoms with E-state index in [0.717, 1.165) is 63.8 Å². The Morgan fingerprint density at radius 1 is 1.00 bits per heavy atom. The molecule has 2 atom stereocenters. The van der Waals surface area contributed by atoms with Gasteiger partial charge < -0.3 is 28.7 Å². The SMILES string of the molecule is C#Cc1c(F)ccc2cc(OCOC)cc(-c3ncc4c(N5CC6CCC(C5)N6C(=O)OC(C)(C)C)cc(OCC5(CN6CCC(=C7CC7)CC6)CC5)nc4c3F)c12. The summed E-state index contributed by atoms with van der Waals surface area (Å²) < 4.78 is 56.0. The van der Waals surface area contributed by atoms with E-state index >= 15 is 8.78 Å². The van der Waals surface area contributed by atoms with Gasteiger partial charge >= 0.3 is 6.09 Å². The van der Waals surface area contributed by atoms with E-state index in [1.54, 1.807) is 35.5 Å². The molecule has 0 spiro atoms. The number of methoxy groups -OCH3 is 1. The van der Waals surface area contributed by atoms with Crippen molar-refractivity contribution in [2.75, 3.05) is 58.1 Å². The summed E-state index contributed by atoms with van der Waals surface area (Å²) in [5, 5.41) is 1.41. The Bertz CT molecular complexity index is 2340. The van der Waals surface area contributed by atoms with Crippen LogP contribution >= 0.6 is 0 Å². The van der Waals surface area contributed by atoms with Gasteiger partial charge in [0.2, 0.25) is 5.88 Å². The van der Waals surface area contributed by atoms with Crippen molar-refractivity contribution in [3.05, 3.63) is 64.9 Å². The van der Waals surface area contributed by atoms with Gasteiger partial charge in [0.1, 0.15) is 28.4 Å². The number of allylic oxidation sites excluding steroid dienone is 1. The number of halogens is 2. The average Bonchev–Trinajstić information content (AvgIpc) is 4.15. The van der Waals surface area contributed by atoms with Crippen LogP contribution in [-0.2, 0) is 9.47 Å². The van der Waals surface area contributed by atoms with E-state index < -0.39 is 17.2 Å². The van der Waals surface area contributed by atoms with Gasteiger partial charge in [-0.3, -0.25) is 9.88 Å². The zero-order valence-corrected chi connectivity index (χ0v) is 33.8. The molecular formula is C46H51F2N5O5. The largest absolute Gasteiger partial charge is 0.477 e. The predicted molar refractivity (Wildman–Crippen MR) is 219 cm³/mol. The van der Waals surface area contributed by atoms with Crippen LogP contribution in [0.2, 0.25) is 0 Å². The number of terminal acetylenes is 1. The fraction of sp³-hybridized carbons (Fsp3) is 0.500. The number of nitrogens with zero attached hydrogens (tertiary/aromatic N) is 5. The van der Waals surface area contributed by atoms with E-state index in [-0.39, 0.29) is 52.7 Å². The maximum absolute atomic E-state index is 17.4. The number of piperazine rings is 1. The minimum Gasteiger partial charge on any atom is -0.477 e. The van der Waals surface area contributed by atoms with E-state index in [1.807, 2.05) is 31.7 Å². The van der Waals surface area contributed by atoms with Crippen molar-refractivity contribution >= 4 is 33.5 Å². The molecule has 5 fully saturated rings. The molecule has 1 amide bonds. The van der Waals surface area contributed by atoms with E-state index in [4.69, 9.17) is 35.3 Å². The molecule has 2 saturated carbocycles. The lowest BCUT2D eigenvalue weighted by Gasteiger charge is -2.42. The predicted octanol–water partition coefficient (Wildman–Crippen LogP) is 8.63. The van der Waals surface area contributed by atoms with Gasteiger partial charge in [0, 0.05) is 73.8 Å². The quantitative estimate of drug-likeness (QED) is 0.0890. The third kappa shape index (κ3) is 7.55. The number of hydrogen-bond donors (Lipinski definition) is 0. The number of benzene rings is 2. The van der Waals surface area contributed by atoms with Gasteiger partial charge in [-0.2, -0.15) is 0 Å². The number of amides is 1. The summed E-state index contributed by atoms with van der Waals surface area (Å²) in [5.74, 6) is 1.89. The third-order valence-corrected chi connectivity index (χ3v) is 12.5. The molecule has 304 valence electrons. The summed E-state index contributed by atoms with van der Waals surface area (Å²) >= 11 is 0. The standard InChI is InChI=1S/C46H51F2N5O5/c1-6-34-37(47)12-9-30-19-33(57-27-55-5)20-35(40(30)34)42-41(48)43-36(22-49-42)38(52-23-31-10-11-32(24-52)53(31)44(54)58-45(2,3)4)21-39(50-43)56-26-46(15-16-46)25-51-17-13-29(14-18-51)28-7-8-28/h1,9,12,19-22,31-32H,7-8,10-11,13-18,23-27H2,2-5H3. The van der Waals surface area contributed by atoms with Crippen LogP contribution in [0.5, 0.6) is 11.6 Å². The molecule has 5 heterocycles. The average molecular weight is 792 g/mol. The highest BCUT2D eigenvalue weighted by Crippen LogP contribution is 2.48. The number of piperidine rings is 1. The van der Waals surface area contributed by atoms with E-state index in [2.05, 4.69) is 15.7 Å². The van der Waals surface area contributed by atoms with Crippen molar-refractivity contribution in [2.24, 2.45) is 5.41 Å². The van der Waals surface area contributed by atoms with E-state index in [9.17, 15) is 4.79 Å². The molecule has 10 nitrogen and oxygen atoms in total. The Morgan fingerprint density at radius 2 is 1.72 bits per heavy atom. The van der Waals surface area contributed by atoms with Crippen LogP contribution in [0.1, 0.15) is 77.7 Å². The summed E-state index contributed by atoms with van der Waals surface area (Å²) in [6.45, 7) is 10.2. The van der Waals surface area contributed by atoms with Crippen LogP contribution in [0.4, 0.5) is 19.3 Å². The zero-order valence-electron chi connectivity index (χ0n) is 33.8. The van der Waals surface area contributed by atoms with Gasteiger partial charge in [-0.15, -0.1) is 6.42 Å². The summed E-state index contributed by atoms with van der Waals surface area (Å²) in [7, 11) is 1.51. The summed E-state index contributed by atoms with van der Waals surface area (Å²) in [4.78, 5) is 29.6. The van der Waals surface area contributed by atoms with E-state index in [1.165, 1.54) is 26.0 Å². The smallest absolute Gasteiger partial charge is 0.410 e. The Hall–Kier alpha value is -4.99. The van der Waals surface area contributed by atoms with Crippen molar-refractivity contribution in [3.63, 3.8) is 0 Å². The highest BCUT2D eigenvalue weighted by molar-refractivity contribution is 6.03. The molecule has 3 aliphatic heterocycles. The van der Waals surface area contributed by atoms with Gasteiger partial charge in [0.25, 0.3) is 0 Å². The first-order valence-corrected chi connectivity index (χ1v) is 20.6. The first-order chi connectivity index (χ1) is 27.9. The summed E-state index contributed by atoms with van der Waals surface area (Å²) in [5.41, 5.74) is 3.80. The van der Waals surface area contributed by atoms with Crippen LogP contribution in [0, 0.1) is 29.4 Å². The minimum absolute atomic E-state index is 0.000000944. The first-order valence-electron chi connectivity index (χ1n) is 20.6. The molecule has 3 saturated heterocycles. The number of carbonyl (C=O) groups is 1. The van der Waals surface area contributed by atoms with Crippen LogP contribution < -0.4 is 14.4 Å². The molecule has 0 N–H and O–H groups in total. The number of hydrogen-bond acceptors (Lipinski definition) is 9. The first kappa shape index (κ1) is 38.5. The van der Waals surface area contributed by atoms with Crippen molar-refractivity contribution in [1.82, 2.24) is 19.8 Å². The Kier molecular flexibility index (Phi) is 9.96. The molecule has 9 rings (SSSR count). The maximum atomic E-state index is 17.4. The molecule has 2 unspecified atom stereocenters. The normalized spacial score (nSPS) is 21.4. The number of ether oxygens (including phenoxy) is 4. The number of likely N-dealkylation sites (tertiary alicyclic amines) is 1. The molecule has 0 radical (unpaired) electrons. The molecule has 2 aliphatic carbocycles. The Balaban J connectivity index is 1.09.